The summed E-state index contributed by atoms with van der Waals surface area (Å²) in [5.74, 6) is 0.520. The molecule has 0 unspecified atom stereocenters. The van der Waals surface area contributed by atoms with E-state index in [1.54, 1.807) is 18.3 Å². The number of hydrogen-bond donors (Lipinski definition) is 1. The molecule has 0 bridgehead atoms. The molecule has 1 heterocycles. The Morgan fingerprint density at radius 2 is 2.16 bits per heavy atom. The van der Waals surface area contributed by atoms with Crippen molar-refractivity contribution < 1.29 is 9.57 Å². The molecule has 1 fully saturated rings. The third kappa shape index (κ3) is 4.00. The van der Waals surface area contributed by atoms with Gasteiger partial charge in [0.1, 0.15) is 13.7 Å². The van der Waals surface area contributed by atoms with E-state index < -0.39 is 0 Å². The van der Waals surface area contributed by atoms with Crippen molar-refractivity contribution in [3.63, 3.8) is 0 Å². The van der Waals surface area contributed by atoms with E-state index in [1.165, 1.54) is 13.5 Å². The third-order valence-corrected chi connectivity index (χ3v) is 3.48. The van der Waals surface area contributed by atoms with Gasteiger partial charge in [-0.2, -0.15) is 0 Å². The summed E-state index contributed by atoms with van der Waals surface area (Å²) < 4.78 is 5.71. The van der Waals surface area contributed by atoms with E-state index >= 15 is 0 Å². The number of rotatable bonds is 5. The van der Waals surface area contributed by atoms with E-state index in [0.717, 1.165) is 18.5 Å². The highest BCUT2D eigenvalue weighted by Gasteiger charge is 2.16. The number of oxime groups is 1. The molecule has 1 aliphatic rings. The van der Waals surface area contributed by atoms with Crippen molar-refractivity contribution >= 4 is 29.4 Å². The number of nitrogens with zero attached hydrogens (tertiary/aromatic N) is 1. The molecule has 0 spiro atoms. The molecule has 1 aliphatic heterocycles. The van der Waals surface area contributed by atoms with Crippen molar-refractivity contribution in [2.24, 2.45) is 5.16 Å². The van der Waals surface area contributed by atoms with Gasteiger partial charge in [0.25, 0.3) is 0 Å². The Labute approximate surface area is 122 Å². The maximum atomic E-state index is 6.17. The van der Waals surface area contributed by atoms with Gasteiger partial charge in [0, 0.05) is 6.04 Å². The zero-order chi connectivity index (χ0) is 13.7. The number of ether oxygens (including phenoxy) is 1. The van der Waals surface area contributed by atoms with Crippen LogP contribution in [0.4, 0.5) is 0 Å². The zero-order valence-electron chi connectivity index (χ0n) is 10.7. The highest BCUT2D eigenvalue weighted by atomic mass is 35.5. The number of hydrogen-bond acceptors (Lipinski definition) is 4. The van der Waals surface area contributed by atoms with Gasteiger partial charge in [0.15, 0.2) is 5.75 Å². The van der Waals surface area contributed by atoms with Gasteiger partial charge in [0.2, 0.25) is 0 Å². The smallest absolute Gasteiger partial charge is 0.156 e. The first kappa shape index (κ1) is 14.4. The molecule has 0 aromatic heterocycles. The normalized spacial score (nSPS) is 19.0. The summed E-state index contributed by atoms with van der Waals surface area (Å²) in [5.41, 5.74) is 0.767. The van der Waals surface area contributed by atoms with Crippen LogP contribution in [0.2, 0.25) is 10.0 Å². The lowest BCUT2D eigenvalue weighted by atomic mass is 10.2. The Morgan fingerprint density at radius 3 is 2.74 bits per heavy atom. The third-order valence-electron chi connectivity index (χ3n) is 2.92. The quantitative estimate of drug-likeness (QED) is 0.671. The molecule has 1 N–H and O–H groups in total. The van der Waals surface area contributed by atoms with Crippen molar-refractivity contribution in [1.82, 2.24) is 5.32 Å². The number of benzene rings is 1. The highest BCUT2D eigenvalue weighted by molar-refractivity contribution is 6.37. The standard InChI is InChI=1S/C13H16Cl2N2O2/c1-18-17-7-9-5-11(14)13(12(15)6-9)19-8-10-3-2-4-16-10/h5-7,10,16H,2-4,8H2,1H3/t10-/m0/s1. The lowest BCUT2D eigenvalue weighted by Crippen LogP contribution is -2.28. The average molecular weight is 303 g/mol. The first-order chi connectivity index (χ1) is 9.20. The fourth-order valence-corrected chi connectivity index (χ4v) is 2.60. The molecule has 1 aromatic carbocycles. The molecular weight excluding hydrogens is 287 g/mol. The first-order valence-electron chi connectivity index (χ1n) is 6.12. The van der Waals surface area contributed by atoms with Gasteiger partial charge in [-0.15, -0.1) is 0 Å². The summed E-state index contributed by atoms with van der Waals surface area (Å²) in [6, 6.07) is 3.86. The summed E-state index contributed by atoms with van der Waals surface area (Å²) in [6.45, 7) is 1.62. The monoisotopic (exact) mass is 302 g/mol. The Balaban J connectivity index is 2.05. The fourth-order valence-electron chi connectivity index (χ4n) is 1.99. The van der Waals surface area contributed by atoms with Crippen LogP contribution >= 0.6 is 23.2 Å². The van der Waals surface area contributed by atoms with Gasteiger partial charge >= 0.3 is 0 Å². The second kappa shape index (κ2) is 6.98. The van der Waals surface area contributed by atoms with Crippen LogP contribution in [0.5, 0.6) is 5.75 Å². The SMILES string of the molecule is CON=Cc1cc(Cl)c(OC[C@@H]2CCCN2)c(Cl)c1. The van der Waals surface area contributed by atoms with Gasteiger partial charge in [-0.1, -0.05) is 28.4 Å². The van der Waals surface area contributed by atoms with Crippen LogP contribution in [0.1, 0.15) is 18.4 Å². The molecule has 0 aliphatic carbocycles. The molecule has 0 amide bonds. The van der Waals surface area contributed by atoms with E-state index in [2.05, 4.69) is 15.3 Å². The van der Waals surface area contributed by atoms with E-state index in [1.807, 2.05) is 0 Å². The Morgan fingerprint density at radius 1 is 1.42 bits per heavy atom. The van der Waals surface area contributed by atoms with Gasteiger partial charge in [-0.05, 0) is 37.1 Å². The van der Waals surface area contributed by atoms with Crippen molar-refractivity contribution in [3.05, 3.63) is 27.7 Å². The lowest BCUT2D eigenvalue weighted by molar-refractivity contribution is 0.215. The molecule has 4 nitrogen and oxygen atoms in total. The Hall–Kier alpha value is -0.970. The second-order valence-corrected chi connectivity index (χ2v) is 5.15. The lowest BCUT2D eigenvalue weighted by Gasteiger charge is -2.14. The van der Waals surface area contributed by atoms with Crippen LogP contribution < -0.4 is 10.1 Å². The van der Waals surface area contributed by atoms with Crippen molar-refractivity contribution in [3.8, 4) is 5.75 Å². The summed E-state index contributed by atoms with van der Waals surface area (Å²) >= 11 is 12.3. The summed E-state index contributed by atoms with van der Waals surface area (Å²) in [7, 11) is 1.48. The van der Waals surface area contributed by atoms with Crippen molar-refractivity contribution in [1.29, 1.82) is 0 Å². The van der Waals surface area contributed by atoms with E-state index in [-0.39, 0.29) is 0 Å². The fraction of sp³-hybridized carbons (Fsp3) is 0.462. The number of nitrogens with one attached hydrogen (secondary N) is 1. The summed E-state index contributed by atoms with van der Waals surface area (Å²) in [4.78, 5) is 4.61. The van der Waals surface area contributed by atoms with Crippen LogP contribution in [-0.2, 0) is 4.84 Å². The molecule has 0 radical (unpaired) electrons. The van der Waals surface area contributed by atoms with E-state index in [0.29, 0.717) is 28.4 Å². The highest BCUT2D eigenvalue weighted by Crippen LogP contribution is 2.34. The van der Waals surface area contributed by atoms with Gasteiger partial charge in [0.05, 0.1) is 16.3 Å². The predicted octanol–water partition coefficient (Wildman–Crippen LogP) is 3.10. The number of halogens is 2. The van der Waals surface area contributed by atoms with E-state index in [4.69, 9.17) is 27.9 Å². The first-order valence-corrected chi connectivity index (χ1v) is 6.88. The van der Waals surface area contributed by atoms with Crippen molar-refractivity contribution in [2.75, 3.05) is 20.3 Å². The average Bonchev–Trinajstić information content (AvgIpc) is 2.88. The molecule has 19 heavy (non-hydrogen) atoms. The van der Waals surface area contributed by atoms with Crippen LogP contribution in [0.25, 0.3) is 0 Å². The summed E-state index contributed by atoms with van der Waals surface area (Å²) in [5, 5.41) is 7.98. The maximum absolute atomic E-state index is 6.17. The Bertz CT molecular complexity index is 437. The zero-order valence-corrected chi connectivity index (χ0v) is 12.2. The molecule has 1 aromatic rings. The molecule has 0 saturated carbocycles. The molecule has 2 rings (SSSR count). The van der Waals surface area contributed by atoms with Crippen LogP contribution in [0, 0.1) is 0 Å². The molecular formula is C13H16Cl2N2O2. The minimum atomic E-state index is 0.377. The predicted molar refractivity (Wildman–Crippen MR) is 77.6 cm³/mol. The summed E-state index contributed by atoms with van der Waals surface area (Å²) in [6.07, 6.45) is 3.84. The maximum Gasteiger partial charge on any atom is 0.156 e. The van der Waals surface area contributed by atoms with Gasteiger partial charge in [-0.3, -0.25) is 0 Å². The molecule has 1 saturated heterocycles. The Kier molecular flexibility index (Phi) is 5.31. The molecule has 104 valence electrons. The van der Waals surface area contributed by atoms with Crippen LogP contribution in [-0.4, -0.2) is 32.5 Å². The van der Waals surface area contributed by atoms with Gasteiger partial charge in [-0.25, -0.2) is 0 Å². The van der Waals surface area contributed by atoms with Gasteiger partial charge < -0.3 is 14.9 Å². The van der Waals surface area contributed by atoms with Crippen LogP contribution in [0.3, 0.4) is 0 Å². The topological polar surface area (TPSA) is 42.9 Å². The molecule has 1 atom stereocenters. The van der Waals surface area contributed by atoms with Crippen molar-refractivity contribution in [2.45, 2.75) is 18.9 Å². The largest absolute Gasteiger partial charge is 0.489 e. The second-order valence-electron chi connectivity index (χ2n) is 4.34. The van der Waals surface area contributed by atoms with Crippen LogP contribution in [0.15, 0.2) is 17.3 Å². The minimum absolute atomic E-state index is 0.377. The minimum Gasteiger partial charge on any atom is -0.489 e. The van der Waals surface area contributed by atoms with E-state index in [9.17, 15) is 0 Å². The molecule has 6 heteroatoms.